The molecule has 0 bridgehead atoms. The molecule has 1 aromatic carbocycles. The van der Waals surface area contributed by atoms with Crippen molar-refractivity contribution >= 4 is 14.4 Å². The highest BCUT2D eigenvalue weighted by Crippen LogP contribution is 1.95. The van der Waals surface area contributed by atoms with Crippen molar-refractivity contribution in [3.05, 3.63) is 30.3 Å². The number of hydrogen-bond donors (Lipinski definition) is 2. The summed E-state index contributed by atoms with van der Waals surface area (Å²) in [5, 5.41) is 0. The molecule has 0 saturated carbocycles. The third-order valence-corrected chi connectivity index (χ3v) is 0.800. The fourth-order valence-corrected chi connectivity index (χ4v) is 0.453. The smallest absolute Gasteiger partial charge is 0.177 e. The van der Waals surface area contributed by atoms with E-state index >= 15 is 0 Å². The average molecular weight is 159 g/mol. The van der Waals surface area contributed by atoms with Crippen LogP contribution in [-0.4, -0.2) is 4.89 Å². The van der Waals surface area contributed by atoms with E-state index < -0.39 is 8.69 Å². The summed E-state index contributed by atoms with van der Waals surface area (Å²) in [7, 11) is -1.50. The number of hydrogen-bond acceptors (Lipinski definition) is 2. The van der Waals surface area contributed by atoms with Crippen molar-refractivity contribution in [3.63, 3.8) is 0 Å². The molecule has 0 saturated heterocycles. The van der Waals surface area contributed by atoms with E-state index in [2.05, 4.69) is 0 Å². The summed E-state index contributed by atoms with van der Waals surface area (Å²) in [6, 6.07) is 9.49. The molecule has 1 rings (SSSR count). The van der Waals surface area contributed by atoms with E-state index in [4.69, 9.17) is 15.2 Å². The number of anilines is 1. The molecule has 4 heteroatoms. The van der Waals surface area contributed by atoms with Gasteiger partial charge in [-0.3, -0.25) is 4.57 Å². The Bertz CT molecular complexity index is 178. The van der Waals surface area contributed by atoms with Gasteiger partial charge < -0.3 is 10.6 Å². The van der Waals surface area contributed by atoms with E-state index in [1.807, 2.05) is 30.3 Å². The summed E-state index contributed by atoms with van der Waals surface area (Å²) in [5.74, 6) is 0. The lowest BCUT2D eigenvalue weighted by Crippen LogP contribution is -1.79. The lowest BCUT2D eigenvalue weighted by molar-refractivity contribution is 0.524. The number of para-hydroxylation sites is 1. The summed E-state index contributed by atoms with van der Waals surface area (Å²) in [5.41, 5.74) is 6.18. The molecule has 3 N–H and O–H groups in total. The molecule has 0 aliphatic carbocycles. The standard InChI is InChI=1S/C6H7N.H3O2P/c7-6-4-2-1-3-5-6;1-3-2/h1-5H,7H2;3H2,(H,1,2). The fourth-order valence-electron chi connectivity index (χ4n) is 0.453. The van der Waals surface area contributed by atoms with Gasteiger partial charge in [-0.05, 0) is 12.1 Å². The van der Waals surface area contributed by atoms with Crippen molar-refractivity contribution in [3.8, 4) is 0 Å². The number of rotatable bonds is 0. The van der Waals surface area contributed by atoms with Crippen LogP contribution < -0.4 is 5.73 Å². The van der Waals surface area contributed by atoms with Gasteiger partial charge >= 0.3 is 0 Å². The van der Waals surface area contributed by atoms with Crippen LogP contribution in [0.25, 0.3) is 0 Å². The normalized spacial score (nSPS) is 8.90. The van der Waals surface area contributed by atoms with Crippen molar-refractivity contribution in [2.45, 2.75) is 0 Å². The molecular weight excluding hydrogens is 149 g/mol. The van der Waals surface area contributed by atoms with Crippen molar-refractivity contribution < 1.29 is 9.46 Å². The second-order valence-corrected chi connectivity index (χ2v) is 1.73. The van der Waals surface area contributed by atoms with E-state index in [1.165, 1.54) is 0 Å². The maximum Gasteiger partial charge on any atom is 0.177 e. The first-order valence-corrected chi connectivity index (χ1v) is 3.68. The molecule has 0 heterocycles. The van der Waals surface area contributed by atoms with Crippen LogP contribution >= 0.6 is 8.69 Å². The molecule has 0 amide bonds. The van der Waals surface area contributed by atoms with Gasteiger partial charge in [-0.2, -0.15) is 0 Å². The monoisotopic (exact) mass is 159 g/mol. The highest BCUT2D eigenvalue weighted by atomic mass is 31.1. The van der Waals surface area contributed by atoms with E-state index in [1.54, 1.807) is 0 Å². The number of benzene rings is 1. The van der Waals surface area contributed by atoms with Gasteiger partial charge in [0.25, 0.3) is 0 Å². The fraction of sp³-hybridized carbons (Fsp3) is 0. The SMILES string of the molecule is Nc1ccccc1.O=[PH2]O. The summed E-state index contributed by atoms with van der Waals surface area (Å²) >= 11 is 0. The van der Waals surface area contributed by atoms with E-state index in [9.17, 15) is 0 Å². The largest absolute Gasteiger partial charge is 0.399 e. The Hall–Kier alpha value is -0.790. The Morgan fingerprint density at radius 1 is 1.30 bits per heavy atom. The molecule has 1 aromatic rings. The first kappa shape index (κ1) is 9.21. The molecule has 0 radical (unpaired) electrons. The molecule has 3 nitrogen and oxygen atoms in total. The summed E-state index contributed by atoms with van der Waals surface area (Å²) in [4.78, 5) is 7.10. The zero-order valence-corrected chi connectivity index (χ0v) is 6.55. The maximum atomic E-state index is 8.57. The summed E-state index contributed by atoms with van der Waals surface area (Å²) < 4.78 is 8.57. The van der Waals surface area contributed by atoms with E-state index in [0.717, 1.165) is 5.69 Å². The molecule has 10 heavy (non-hydrogen) atoms. The van der Waals surface area contributed by atoms with Crippen LogP contribution in [0.15, 0.2) is 30.3 Å². The zero-order chi connectivity index (χ0) is 7.82. The Morgan fingerprint density at radius 3 is 1.90 bits per heavy atom. The first-order chi connectivity index (χ1) is 4.81. The summed E-state index contributed by atoms with van der Waals surface area (Å²) in [6.07, 6.45) is 0. The summed E-state index contributed by atoms with van der Waals surface area (Å²) in [6.45, 7) is 0. The van der Waals surface area contributed by atoms with Gasteiger partial charge in [0.2, 0.25) is 0 Å². The van der Waals surface area contributed by atoms with Crippen LogP contribution in [-0.2, 0) is 4.57 Å². The maximum absolute atomic E-state index is 8.57. The lowest BCUT2D eigenvalue weighted by atomic mass is 10.3. The predicted octanol–water partition coefficient (Wildman–Crippen LogP) is 0.919. The third kappa shape index (κ3) is 5.35. The van der Waals surface area contributed by atoms with E-state index in [0.29, 0.717) is 0 Å². The van der Waals surface area contributed by atoms with Crippen LogP contribution in [0.2, 0.25) is 0 Å². The molecule has 0 spiro atoms. The minimum Gasteiger partial charge on any atom is -0.399 e. The Kier molecular flexibility index (Phi) is 5.83. The average Bonchev–Trinajstić information content (AvgIpc) is 1.91. The van der Waals surface area contributed by atoms with Crippen molar-refractivity contribution in [2.24, 2.45) is 0 Å². The van der Waals surface area contributed by atoms with Gasteiger partial charge in [-0.25, -0.2) is 0 Å². The minimum absolute atomic E-state index is 0.822. The number of nitrogen functional groups attached to an aromatic ring is 1. The van der Waals surface area contributed by atoms with Crippen molar-refractivity contribution in [1.29, 1.82) is 0 Å². The topological polar surface area (TPSA) is 63.3 Å². The predicted molar refractivity (Wildman–Crippen MR) is 43.5 cm³/mol. The molecule has 0 fully saturated rings. The Balaban J connectivity index is 0.000000236. The van der Waals surface area contributed by atoms with Crippen LogP contribution in [0.4, 0.5) is 5.69 Å². The van der Waals surface area contributed by atoms with Crippen molar-refractivity contribution in [2.75, 3.05) is 5.73 Å². The molecule has 0 aromatic heterocycles. The van der Waals surface area contributed by atoms with Gasteiger partial charge in [-0.1, -0.05) is 18.2 Å². The first-order valence-electron chi connectivity index (χ1n) is 2.69. The second kappa shape index (κ2) is 6.33. The van der Waals surface area contributed by atoms with Crippen LogP contribution in [0.5, 0.6) is 0 Å². The second-order valence-electron chi connectivity index (χ2n) is 1.52. The Morgan fingerprint density at radius 2 is 1.70 bits per heavy atom. The number of nitrogens with two attached hydrogens (primary N) is 1. The van der Waals surface area contributed by atoms with Crippen LogP contribution in [0, 0.1) is 0 Å². The minimum atomic E-state index is -1.50. The van der Waals surface area contributed by atoms with Gasteiger partial charge in [0.1, 0.15) is 0 Å². The zero-order valence-electron chi connectivity index (χ0n) is 5.40. The van der Waals surface area contributed by atoms with Crippen LogP contribution in [0.3, 0.4) is 0 Å². The van der Waals surface area contributed by atoms with Gasteiger partial charge in [0.05, 0.1) is 0 Å². The highest BCUT2D eigenvalue weighted by Gasteiger charge is 1.72. The molecule has 1 unspecified atom stereocenters. The molecule has 0 aliphatic rings. The lowest BCUT2D eigenvalue weighted by Gasteiger charge is -1.83. The van der Waals surface area contributed by atoms with Gasteiger partial charge in [-0.15, -0.1) is 0 Å². The van der Waals surface area contributed by atoms with Gasteiger partial charge in [0, 0.05) is 5.69 Å². The molecular formula is C6H10NO2P. The molecule has 56 valence electrons. The Labute approximate surface area is 60.8 Å². The van der Waals surface area contributed by atoms with Gasteiger partial charge in [0.15, 0.2) is 8.69 Å². The van der Waals surface area contributed by atoms with Crippen molar-refractivity contribution in [1.82, 2.24) is 0 Å². The molecule has 1 atom stereocenters. The van der Waals surface area contributed by atoms with E-state index in [-0.39, 0.29) is 0 Å². The van der Waals surface area contributed by atoms with Crippen LogP contribution in [0.1, 0.15) is 0 Å². The molecule has 0 aliphatic heterocycles. The highest BCUT2D eigenvalue weighted by molar-refractivity contribution is 7.16. The third-order valence-electron chi connectivity index (χ3n) is 0.800. The quantitative estimate of drug-likeness (QED) is 0.437.